The van der Waals surface area contributed by atoms with Crippen molar-refractivity contribution in [2.24, 2.45) is 0 Å². The molecule has 7 heteroatoms. The Morgan fingerprint density at radius 2 is 2.15 bits per heavy atom. The number of nitrogens with zero attached hydrogens (tertiary/aromatic N) is 5. The van der Waals surface area contributed by atoms with Crippen molar-refractivity contribution in [3.05, 3.63) is 52.7 Å². The lowest BCUT2D eigenvalue weighted by atomic mass is 10.3. The summed E-state index contributed by atoms with van der Waals surface area (Å²) in [5.41, 5.74) is 0.955. The van der Waals surface area contributed by atoms with Gasteiger partial charge in [-0.25, -0.2) is 4.98 Å². The van der Waals surface area contributed by atoms with E-state index in [2.05, 4.69) is 32.7 Å². The van der Waals surface area contributed by atoms with E-state index in [1.807, 2.05) is 41.9 Å². The minimum Gasteiger partial charge on any atom is -0.301 e. The molecule has 1 N–H and O–H groups in total. The molecule has 0 saturated carbocycles. The third-order valence-electron chi connectivity index (χ3n) is 2.92. The Morgan fingerprint density at radius 3 is 2.90 bits per heavy atom. The summed E-state index contributed by atoms with van der Waals surface area (Å²) in [5, 5.41) is 18.3. The summed E-state index contributed by atoms with van der Waals surface area (Å²) in [4.78, 5) is 4.29. The maximum Gasteiger partial charge on any atom is 0.170 e. The zero-order valence-corrected chi connectivity index (χ0v) is 11.8. The predicted octanol–water partition coefficient (Wildman–Crippen LogP) is 1.97. The van der Waals surface area contributed by atoms with E-state index in [1.54, 1.807) is 16.0 Å². The van der Waals surface area contributed by atoms with Gasteiger partial charge in [-0.2, -0.15) is 4.68 Å². The fourth-order valence-corrected chi connectivity index (χ4v) is 2.54. The molecule has 2 heterocycles. The molecule has 6 nitrogen and oxygen atoms in total. The molecule has 2 aromatic heterocycles. The van der Waals surface area contributed by atoms with Crippen molar-refractivity contribution in [3.63, 3.8) is 0 Å². The molecule has 0 spiro atoms. The van der Waals surface area contributed by atoms with Crippen molar-refractivity contribution < 1.29 is 0 Å². The summed E-state index contributed by atoms with van der Waals surface area (Å²) in [5.74, 6) is 0.777. The topological polar surface area (TPSA) is 68.5 Å². The summed E-state index contributed by atoms with van der Waals surface area (Å²) >= 11 is 1.64. The van der Waals surface area contributed by atoms with Crippen LogP contribution in [0, 0.1) is 0 Å². The third-order valence-corrected chi connectivity index (χ3v) is 3.88. The molecule has 0 aliphatic rings. The van der Waals surface area contributed by atoms with Crippen LogP contribution >= 0.6 is 11.3 Å². The molecule has 102 valence electrons. The molecule has 0 bridgehead atoms. The lowest BCUT2D eigenvalue weighted by molar-refractivity contribution is 0.548. The lowest BCUT2D eigenvalue weighted by Crippen LogP contribution is -2.20. The molecule has 0 aliphatic heterocycles. The maximum absolute atomic E-state index is 4.29. The number of nitrogens with one attached hydrogen (secondary N) is 1. The number of hydrogen-bond acceptors (Lipinski definition) is 6. The highest BCUT2D eigenvalue weighted by Crippen LogP contribution is 2.15. The van der Waals surface area contributed by atoms with Crippen molar-refractivity contribution in [2.75, 3.05) is 0 Å². The fourth-order valence-electron chi connectivity index (χ4n) is 1.87. The molecule has 20 heavy (non-hydrogen) atoms. The second-order valence-electron chi connectivity index (χ2n) is 4.32. The summed E-state index contributed by atoms with van der Waals surface area (Å²) in [6.45, 7) is 2.66. The average molecular weight is 286 g/mol. The van der Waals surface area contributed by atoms with E-state index >= 15 is 0 Å². The minimum absolute atomic E-state index is 0.177. The van der Waals surface area contributed by atoms with Gasteiger partial charge in [0.2, 0.25) is 0 Å². The number of rotatable bonds is 5. The van der Waals surface area contributed by atoms with Gasteiger partial charge in [-0.3, -0.25) is 0 Å². The maximum atomic E-state index is 4.29. The Morgan fingerprint density at radius 1 is 1.30 bits per heavy atom. The molecule has 0 amide bonds. The molecule has 3 rings (SSSR count). The van der Waals surface area contributed by atoms with Crippen LogP contribution in [0.3, 0.4) is 0 Å². The normalized spacial score (nSPS) is 12.4. The third kappa shape index (κ3) is 2.73. The van der Waals surface area contributed by atoms with E-state index in [9.17, 15) is 0 Å². The molecule has 1 atom stereocenters. The van der Waals surface area contributed by atoms with Crippen molar-refractivity contribution in [1.82, 2.24) is 30.5 Å². The van der Waals surface area contributed by atoms with Crippen LogP contribution in [0.2, 0.25) is 0 Å². The number of thiazole rings is 1. The van der Waals surface area contributed by atoms with Crippen LogP contribution in [0.1, 0.15) is 23.8 Å². The number of aromatic nitrogens is 5. The second kappa shape index (κ2) is 5.89. The van der Waals surface area contributed by atoms with Gasteiger partial charge in [0.15, 0.2) is 5.82 Å². The molecule has 3 aromatic rings. The van der Waals surface area contributed by atoms with Gasteiger partial charge in [0.05, 0.1) is 18.3 Å². The zero-order chi connectivity index (χ0) is 13.8. The SMILES string of the molecule is CC(NCc1nnnn1-c1ccccc1)c1nccs1. The van der Waals surface area contributed by atoms with Crippen molar-refractivity contribution in [1.29, 1.82) is 0 Å². The largest absolute Gasteiger partial charge is 0.301 e. The van der Waals surface area contributed by atoms with Gasteiger partial charge in [-0.1, -0.05) is 18.2 Å². The summed E-state index contributed by atoms with van der Waals surface area (Å²) < 4.78 is 1.74. The van der Waals surface area contributed by atoms with Crippen LogP contribution in [0.4, 0.5) is 0 Å². The van der Waals surface area contributed by atoms with E-state index in [0.29, 0.717) is 6.54 Å². The number of hydrogen-bond donors (Lipinski definition) is 1. The van der Waals surface area contributed by atoms with Gasteiger partial charge in [-0.05, 0) is 29.5 Å². The predicted molar refractivity (Wildman–Crippen MR) is 76.5 cm³/mol. The molecular weight excluding hydrogens is 272 g/mol. The van der Waals surface area contributed by atoms with E-state index in [1.165, 1.54) is 0 Å². The fraction of sp³-hybridized carbons (Fsp3) is 0.231. The zero-order valence-electron chi connectivity index (χ0n) is 11.0. The van der Waals surface area contributed by atoms with Crippen molar-refractivity contribution >= 4 is 11.3 Å². The van der Waals surface area contributed by atoms with Crippen LogP contribution in [0.25, 0.3) is 5.69 Å². The summed E-state index contributed by atoms with van der Waals surface area (Å²) in [6.07, 6.45) is 1.81. The van der Waals surface area contributed by atoms with Gasteiger partial charge in [0, 0.05) is 11.6 Å². The molecule has 1 unspecified atom stereocenters. The van der Waals surface area contributed by atoms with Crippen LogP contribution in [0.5, 0.6) is 0 Å². The molecule has 0 aliphatic carbocycles. The number of benzene rings is 1. The Bertz CT molecular complexity index is 649. The molecule has 0 fully saturated rings. The van der Waals surface area contributed by atoms with E-state index in [-0.39, 0.29) is 6.04 Å². The first-order valence-electron chi connectivity index (χ1n) is 6.30. The smallest absolute Gasteiger partial charge is 0.170 e. The number of tetrazole rings is 1. The van der Waals surface area contributed by atoms with Crippen LogP contribution in [0.15, 0.2) is 41.9 Å². The minimum atomic E-state index is 0.177. The van der Waals surface area contributed by atoms with E-state index < -0.39 is 0 Å². The first kappa shape index (κ1) is 12.9. The van der Waals surface area contributed by atoms with Crippen molar-refractivity contribution in [2.45, 2.75) is 19.5 Å². The van der Waals surface area contributed by atoms with Crippen LogP contribution in [-0.4, -0.2) is 25.2 Å². The highest BCUT2D eigenvalue weighted by atomic mass is 32.1. The first-order valence-corrected chi connectivity index (χ1v) is 7.18. The highest BCUT2D eigenvalue weighted by Gasteiger charge is 2.11. The van der Waals surface area contributed by atoms with E-state index in [0.717, 1.165) is 16.5 Å². The number of para-hydroxylation sites is 1. The Labute approximate surface area is 120 Å². The molecule has 0 radical (unpaired) electrons. The van der Waals surface area contributed by atoms with E-state index in [4.69, 9.17) is 0 Å². The molecule has 1 aromatic carbocycles. The summed E-state index contributed by atoms with van der Waals surface area (Å²) in [6, 6.07) is 10.0. The van der Waals surface area contributed by atoms with Crippen LogP contribution in [-0.2, 0) is 6.54 Å². The summed E-state index contributed by atoms with van der Waals surface area (Å²) in [7, 11) is 0. The first-order chi connectivity index (χ1) is 9.84. The van der Waals surface area contributed by atoms with Gasteiger partial charge in [0.25, 0.3) is 0 Å². The van der Waals surface area contributed by atoms with Crippen LogP contribution < -0.4 is 5.32 Å². The monoisotopic (exact) mass is 286 g/mol. The van der Waals surface area contributed by atoms with Crippen molar-refractivity contribution in [3.8, 4) is 5.69 Å². The molecular formula is C13H14N6S. The Kier molecular flexibility index (Phi) is 3.80. The van der Waals surface area contributed by atoms with Gasteiger partial charge in [0.1, 0.15) is 5.01 Å². The quantitative estimate of drug-likeness (QED) is 0.776. The van der Waals surface area contributed by atoms with Gasteiger partial charge >= 0.3 is 0 Å². The molecule has 0 saturated heterocycles. The van der Waals surface area contributed by atoms with Gasteiger partial charge in [-0.15, -0.1) is 16.4 Å². The second-order valence-corrected chi connectivity index (χ2v) is 5.24. The van der Waals surface area contributed by atoms with Gasteiger partial charge < -0.3 is 5.32 Å². The Balaban J connectivity index is 1.72. The highest BCUT2D eigenvalue weighted by molar-refractivity contribution is 7.09. The standard InChI is InChI=1S/C13H14N6S/c1-10(13-14-7-8-20-13)15-9-12-16-17-18-19(12)11-5-3-2-4-6-11/h2-8,10,15H,9H2,1H3. The Hall–Kier alpha value is -2.12. The average Bonchev–Trinajstić information content (AvgIpc) is 3.17. The lowest BCUT2D eigenvalue weighted by Gasteiger charge is -2.10.